The summed E-state index contributed by atoms with van der Waals surface area (Å²) in [5.41, 5.74) is 4.94. The van der Waals surface area contributed by atoms with Crippen LogP contribution in [0.1, 0.15) is 23.7 Å². The van der Waals surface area contributed by atoms with Gasteiger partial charge in [-0.25, -0.2) is 4.98 Å². The van der Waals surface area contributed by atoms with Crippen molar-refractivity contribution < 1.29 is 9.21 Å². The number of guanidine groups is 1. The van der Waals surface area contributed by atoms with Crippen LogP contribution in [0.15, 0.2) is 64.2 Å². The number of carbonyl (C=O) groups excluding carboxylic acids is 1. The molecule has 7 nitrogen and oxygen atoms in total. The maximum Gasteiger partial charge on any atom is 0.226 e. The highest BCUT2D eigenvalue weighted by Crippen LogP contribution is 2.19. The summed E-state index contributed by atoms with van der Waals surface area (Å²) in [6, 6.07) is 15.9. The number of nitrogens with one attached hydrogen (secondary N) is 3. The van der Waals surface area contributed by atoms with Crippen molar-refractivity contribution in [1.29, 1.82) is 0 Å². The molecule has 1 amide bonds. The van der Waals surface area contributed by atoms with Gasteiger partial charge < -0.3 is 20.4 Å². The molecule has 1 aromatic heterocycles. The van der Waals surface area contributed by atoms with Crippen molar-refractivity contribution in [1.82, 2.24) is 15.6 Å². The third-order valence-corrected chi connectivity index (χ3v) is 4.49. The Balaban J connectivity index is 0.00000341. The predicted molar refractivity (Wildman–Crippen MR) is 135 cm³/mol. The summed E-state index contributed by atoms with van der Waals surface area (Å²) in [5.74, 6) is 1.24. The van der Waals surface area contributed by atoms with Gasteiger partial charge in [0.1, 0.15) is 6.26 Å². The van der Waals surface area contributed by atoms with E-state index in [2.05, 4.69) is 25.9 Å². The van der Waals surface area contributed by atoms with Gasteiger partial charge in [-0.1, -0.05) is 29.8 Å². The lowest BCUT2D eigenvalue weighted by atomic mass is 10.1. The van der Waals surface area contributed by atoms with E-state index in [1.54, 1.807) is 13.3 Å². The summed E-state index contributed by atoms with van der Waals surface area (Å²) in [4.78, 5) is 19.9. The van der Waals surface area contributed by atoms with Crippen LogP contribution in [0.4, 0.5) is 5.69 Å². The van der Waals surface area contributed by atoms with Gasteiger partial charge in [-0.05, 0) is 43.2 Å². The Labute approximate surface area is 199 Å². The molecule has 8 heteroatoms. The third kappa shape index (κ3) is 7.71. The summed E-state index contributed by atoms with van der Waals surface area (Å²) in [6.45, 7) is 4.79. The number of rotatable bonds is 7. The number of oxazole rings is 1. The summed E-state index contributed by atoms with van der Waals surface area (Å²) in [6.07, 6.45) is 2.49. The van der Waals surface area contributed by atoms with Crippen molar-refractivity contribution in [3.63, 3.8) is 0 Å². The van der Waals surface area contributed by atoms with Gasteiger partial charge in [0.25, 0.3) is 0 Å². The first-order valence-corrected chi connectivity index (χ1v) is 9.86. The minimum atomic E-state index is -0.0719. The molecule has 0 radical (unpaired) electrons. The van der Waals surface area contributed by atoms with E-state index < -0.39 is 0 Å². The minimum Gasteiger partial charge on any atom is -0.444 e. The van der Waals surface area contributed by atoms with Crippen molar-refractivity contribution >= 4 is 41.5 Å². The number of hydrogen-bond donors (Lipinski definition) is 3. The Morgan fingerprint density at radius 1 is 1.06 bits per heavy atom. The highest BCUT2D eigenvalue weighted by molar-refractivity contribution is 14.0. The predicted octanol–water partition coefficient (Wildman–Crippen LogP) is 4.13. The first-order chi connectivity index (χ1) is 14.5. The lowest BCUT2D eigenvalue weighted by Gasteiger charge is -2.11. The van der Waals surface area contributed by atoms with Crippen LogP contribution in [0.25, 0.3) is 11.5 Å². The number of nitrogens with zero attached hydrogens (tertiary/aromatic N) is 2. The number of amides is 1. The molecule has 0 atom stereocenters. The van der Waals surface area contributed by atoms with Crippen LogP contribution in [-0.4, -0.2) is 30.4 Å². The van der Waals surface area contributed by atoms with Gasteiger partial charge in [-0.15, -0.1) is 24.0 Å². The molecule has 0 aliphatic heterocycles. The maximum atomic E-state index is 11.1. The van der Waals surface area contributed by atoms with Crippen molar-refractivity contribution in [2.75, 3.05) is 18.9 Å². The molecule has 2 aromatic carbocycles. The summed E-state index contributed by atoms with van der Waals surface area (Å²) < 4.78 is 5.59. The number of halogens is 1. The van der Waals surface area contributed by atoms with Crippen molar-refractivity contribution in [2.24, 2.45) is 4.99 Å². The van der Waals surface area contributed by atoms with Crippen molar-refractivity contribution in [3.8, 4) is 11.5 Å². The number of aryl methyl sites for hydroxylation is 1. The maximum absolute atomic E-state index is 11.1. The zero-order valence-electron chi connectivity index (χ0n) is 17.9. The van der Waals surface area contributed by atoms with E-state index in [-0.39, 0.29) is 29.9 Å². The SMILES string of the molecule is CN=C(NCCc1ccc(NC(C)=O)cc1)NCc1coc(-c2ccc(C)cc2)n1.I. The smallest absolute Gasteiger partial charge is 0.226 e. The molecule has 1 heterocycles. The monoisotopic (exact) mass is 533 g/mol. The third-order valence-electron chi connectivity index (χ3n) is 4.49. The molecule has 0 saturated heterocycles. The topological polar surface area (TPSA) is 91.5 Å². The molecule has 3 aromatic rings. The van der Waals surface area contributed by atoms with Crippen molar-refractivity contribution in [3.05, 3.63) is 71.6 Å². The zero-order chi connectivity index (χ0) is 21.3. The molecule has 0 unspecified atom stereocenters. The van der Waals surface area contributed by atoms with Gasteiger partial charge in [0.15, 0.2) is 5.96 Å². The fourth-order valence-corrected chi connectivity index (χ4v) is 2.90. The normalized spacial score (nSPS) is 10.9. The van der Waals surface area contributed by atoms with Crippen LogP contribution in [0.3, 0.4) is 0 Å². The molecule has 3 rings (SSSR count). The number of hydrogen-bond acceptors (Lipinski definition) is 4. The average Bonchev–Trinajstić information content (AvgIpc) is 3.21. The van der Waals surface area contributed by atoms with Crippen LogP contribution in [-0.2, 0) is 17.8 Å². The minimum absolute atomic E-state index is 0. The second kappa shape index (κ2) is 12.1. The Morgan fingerprint density at radius 3 is 2.42 bits per heavy atom. The fraction of sp³-hybridized carbons (Fsp3) is 0.261. The molecule has 0 saturated carbocycles. The van der Waals surface area contributed by atoms with Crippen LogP contribution >= 0.6 is 24.0 Å². The number of aromatic nitrogens is 1. The first-order valence-electron chi connectivity index (χ1n) is 9.86. The lowest BCUT2D eigenvalue weighted by Crippen LogP contribution is -2.37. The Kier molecular flexibility index (Phi) is 9.51. The molecular formula is C23H28IN5O2. The number of anilines is 1. The van der Waals surface area contributed by atoms with Crippen LogP contribution < -0.4 is 16.0 Å². The molecule has 0 aliphatic rings. The largest absolute Gasteiger partial charge is 0.444 e. The van der Waals surface area contributed by atoms with Crippen LogP contribution in [0.5, 0.6) is 0 Å². The molecule has 31 heavy (non-hydrogen) atoms. The van der Waals surface area contributed by atoms with E-state index in [0.29, 0.717) is 18.4 Å². The molecule has 0 aliphatic carbocycles. The Hall–Kier alpha value is -2.88. The van der Waals surface area contributed by atoms with E-state index in [1.165, 1.54) is 18.1 Å². The van der Waals surface area contributed by atoms with E-state index in [4.69, 9.17) is 4.42 Å². The summed E-state index contributed by atoms with van der Waals surface area (Å²) in [5, 5.41) is 9.30. The molecule has 164 valence electrons. The fourth-order valence-electron chi connectivity index (χ4n) is 2.90. The Morgan fingerprint density at radius 2 is 1.77 bits per heavy atom. The quantitative estimate of drug-likeness (QED) is 0.241. The van der Waals surface area contributed by atoms with Gasteiger partial charge in [-0.2, -0.15) is 0 Å². The molecule has 0 fully saturated rings. The summed E-state index contributed by atoms with van der Waals surface area (Å²) >= 11 is 0. The lowest BCUT2D eigenvalue weighted by molar-refractivity contribution is -0.114. The van der Waals surface area contributed by atoms with Crippen LogP contribution in [0, 0.1) is 6.92 Å². The number of carbonyl (C=O) groups is 1. The second-order valence-electron chi connectivity index (χ2n) is 6.99. The first kappa shape index (κ1) is 24.4. The Bertz CT molecular complexity index is 998. The molecule has 0 bridgehead atoms. The van der Waals surface area contributed by atoms with Gasteiger partial charge in [0.05, 0.1) is 12.2 Å². The van der Waals surface area contributed by atoms with Gasteiger partial charge in [0, 0.05) is 31.8 Å². The standard InChI is InChI=1S/C23H27N5O2.HI/c1-16-4-8-19(9-5-16)22-28-21(15-30-22)14-26-23(24-3)25-13-12-18-6-10-20(11-7-18)27-17(2)29;/h4-11,15H,12-14H2,1-3H3,(H,27,29)(H2,24,25,26);1H. The number of benzene rings is 2. The average molecular weight is 533 g/mol. The van der Waals surface area contributed by atoms with E-state index in [0.717, 1.165) is 29.9 Å². The van der Waals surface area contributed by atoms with E-state index in [9.17, 15) is 4.79 Å². The molecule has 0 spiro atoms. The van der Waals surface area contributed by atoms with Gasteiger partial charge >= 0.3 is 0 Å². The van der Waals surface area contributed by atoms with Crippen LogP contribution in [0.2, 0.25) is 0 Å². The zero-order valence-corrected chi connectivity index (χ0v) is 20.3. The number of aliphatic imine (C=N–C) groups is 1. The van der Waals surface area contributed by atoms with Gasteiger partial charge in [-0.3, -0.25) is 9.79 Å². The highest BCUT2D eigenvalue weighted by atomic mass is 127. The second-order valence-corrected chi connectivity index (χ2v) is 6.99. The molecule has 3 N–H and O–H groups in total. The van der Waals surface area contributed by atoms with E-state index >= 15 is 0 Å². The highest BCUT2D eigenvalue weighted by Gasteiger charge is 2.07. The van der Waals surface area contributed by atoms with Gasteiger partial charge in [0.2, 0.25) is 11.8 Å². The summed E-state index contributed by atoms with van der Waals surface area (Å²) in [7, 11) is 1.73. The molecular weight excluding hydrogens is 505 g/mol. The van der Waals surface area contributed by atoms with Crippen molar-refractivity contribution in [2.45, 2.75) is 26.8 Å². The van der Waals surface area contributed by atoms with E-state index in [1.807, 2.05) is 55.5 Å².